The number of hydrogen-bond acceptors (Lipinski definition) is 6. The molecule has 0 bridgehead atoms. The number of carbonyl (C=O) groups excluding carboxylic acids is 2. The number of ether oxygens (including phenoxy) is 2. The van der Waals surface area contributed by atoms with E-state index in [0.29, 0.717) is 22.8 Å². The number of nitrogens with zero attached hydrogens (tertiary/aromatic N) is 3. The molecule has 0 aliphatic carbocycles. The molecule has 2 aliphatic rings. The topological polar surface area (TPSA) is 71.4 Å². The van der Waals surface area contributed by atoms with Gasteiger partial charge in [-0.1, -0.05) is 36.4 Å². The lowest BCUT2D eigenvalue weighted by Gasteiger charge is -2.15. The highest BCUT2D eigenvalue weighted by Crippen LogP contribution is 2.30. The highest BCUT2D eigenvalue weighted by Gasteiger charge is 2.35. The summed E-state index contributed by atoms with van der Waals surface area (Å²) < 4.78 is 10.9. The predicted molar refractivity (Wildman–Crippen MR) is 128 cm³/mol. The minimum absolute atomic E-state index is 0.0568. The van der Waals surface area contributed by atoms with Crippen LogP contribution in [-0.4, -0.2) is 32.4 Å². The molecule has 0 fully saturated rings. The van der Waals surface area contributed by atoms with Gasteiger partial charge in [-0.15, -0.1) is 5.10 Å². The molecule has 0 unspecified atom stereocenters. The molecule has 0 atom stereocenters. The average molecular weight is 441 g/mol. The van der Waals surface area contributed by atoms with Gasteiger partial charge in [-0.25, -0.2) is 0 Å². The van der Waals surface area contributed by atoms with Crippen LogP contribution in [0, 0.1) is 0 Å². The summed E-state index contributed by atoms with van der Waals surface area (Å²) in [5.74, 6) is 0.695. The molecule has 1 amide bonds. The molecular formula is C26H23N3O4. The first kappa shape index (κ1) is 21.8. The summed E-state index contributed by atoms with van der Waals surface area (Å²) in [6, 6.07) is 17.0. The lowest BCUT2D eigenvalue weighted by atomic mass is 10.0. The molecule has 7 nitrogen and oxygen atoms in total. The number of hydrogen-bond donors (Lipinski definition) is 0. The number of carbonyl (C=O) groups is 2. The monoisotopic (exact) mass is 441 g/mol. The summed E-state index contributed by atoms with van der Waals surface area (Å²) >= 11 is 0. The van der Waals surface area contributed by atoms with Gasteiger partial charge in [0.15, 0.2) is 0 Å². The van der Waals surface area contributed by atoms with E-state index in [9.17, 15) is 9.59 Å². The summed E-state index contributed by atoms with van der Waals surface area (Å²) in [5, 5.41) is 5.44. The molecule has 2 aromatic carbocycles. The smallest absolute Gasteiger partial charge is 0.299 e. The van der Waals surface area contributed by atoms with Crippen LogP contribution >= 0.6 is 0 Å². The number of rotatable bonds is 5. The molecule has 166 valence electrons. The van der Waals surface area contributed by atoms with Gasteiger partial charge in [-0.2, -0.15) is 5.01 Å². The number of amides is 1. The van der Waals surface area contributed by atoms with Crippen molar-refractivity contribution in [3.05, 3.63) is 101 Å². The molecule has 2 heterocycles. The Morgan fingerprint density at radius 3 is 2.39 bits per heavy atom. The second-order valence-corrected chi connectivity index (χ2v) is 7.63. The number of hydrazone groups is 1. The Balaban J connectivity index is 1.67. The maximum absolute atomic E-state index is 13.2. The number of para-hydroxylation sites is 1. The molecule has 0 saturated heterocycles. The fourth-order valence-electron chi connectivity index (χ4n) is 3.45. The molecular weight excluding hydrogens is 418 g/mol. The maximum atomic E-state index is 13.2. The van der Waals surface area contributed by atoms with Crippen molar-refractivity contribution in [2.75, 3.05) is 24.0 Å². The SMILES string of the molecule is CC1=CC(=C2C(=O)N(c3ccccc3)N=C2OC=O)C=C(C=Cc2ccc(N(C)C)cc2)O1. The highest BCUT2D eigenvalue weighted by atomic mass is 16.5. The van der Waals surface area contributed by atoms with Crippen LogP contribution in [0.25, 0.3) is 6.08 Å². The third-order valence-corrected chi connectivity index (χ3v) is 5.05. The van der Waals surface area contributed by atoms with Crippen molar-refractivity contribution in [2.45, 2.75) is 6.92 Å². The van der Waals surface area contributed by atoms with E-state index in [1.807, 2.05) is 61.5 Å². The summed E-state index contributed by atoms with van der Waals surface area (Å²) in [5.41, 5.74) is 3.42. The van der Waals surface area contributed by atoms with Crippen LogP contribution in [0.5, 0.6) is 0 Å². The lowest BCUT2D eigenvalue weighted by molar-refractivity contribution is -0.121. The third-order valence-electron chi connectivity index (χ3n) is 5.05. The lowest BCUT2D eigenvalue weighted by Crippen LogP contribution is -2.22. The first-order valence-electron chi connectivity index (χ1n) is 10.3. The van der Waals surface area contributed by atoms with Crippen molar-refractivity contribution >= 4 is 35.7 Å². The molecule has 0 N–H and O–H groups in total. The van der Waals surface area contributed by atoms with Crippen molar-refractivity contribution in [3.63, 3.8) is 0 Å². The van der Waals surface area contributed by atoms with Gasteiger partial charge < -0.3 is 14.4 Å². The zero-order chi connectivity index (χ0) is 23.4. The number of anilines is 2. The van der Waals surface area contributed by atoms with E-state index in [1.54, 1.807) is 43.3 Å². The van der Waals surface area contributed by atoms with Crippen molar-refractivity contribution in [3.8, 4) is 0 Å². The van der Waals surface area contributed by atoms with Gasteiger partial charge in [0.2, 0.25) is 0 Å². The van der Waals surface area contributed by atoms with Gasteiger partial charge in [0.25, 0.3) is 18.3 Å². The predicted octanol–water partition coefficient (Wildman–Crippen LogP) is 4.41. The molecule has 2 aromatic rings. The standard InChI is InChI=1S/C26H23N3O4/c1-18-15-20(16-23(33-18)14-11-19-9-12-21(13-10-19)28(2)3)24-25(32-17-30)27-29(26(24)31)22-7-5-4-6-8-22/h4-17H,1-3H3. The fourth-order valence-corrected chi connectivity index (χ4v) is 3.45. The average Bonchev–Trinajstić information content (AvgIpc) is 3.14. The normalized spacial score (nSPS) is 18.0. The first-order chi connectivity index (χ1) is 16.0. The Kier molecular flexibility index (Phi) is 6.22. The quantitative estimate of drug-likeness (QED) is 0.508. The maximum Gasteiger partial charge on any atom is 0.299 e. The van der Waals surface area contributed by atoms with Gasteiger partial charge in [-0.05, 0) is 60.6 Å². The molecule has 0 radical (unpaired) electrons. The Morgan fingerprint density at radius 2 is 1.73 bits per heavy atom. The molecule has 7 heteroatoms. The summed E-state index contributed by atoms with van der Waals surface area (Å²) in [4.78, 5) is 26.3. The Bertz CT molecular complexity index is 1220. The van der Waals surface area contributed by atoms with Gasteiger partial charge >= 0.3 is 0 Å². The Morgan fingerprint density at radius 1 is 1.00 bits per heavy atom. The van der Waals surface area contributed by atoms with Gasteiger partial charge in [0.1, 0.15) is 17.1 Å². The van der Waals surface area contributed by atoms with Gasteiger partial charge in [-0.3, -0.25) is 9.59 Å². The van der Waals surface area contributed by atoms with Crippen molar-refractivity contribution in [1.29, 1.82) is 0 Å². The third kappa shape index (κ3) is 4.77. The molecule has 33 heavy (non-hydrogen) atoms. The molecule has 2 aliphatic heterocycles. The molecule has 0 spiro atoms. The van der Waals surface area contributed by atoms with Crippen LogP contribution in [0.4, 0.5) is 11.4 Å². The van der Waals surface area contributed by atoms with E-state index in [-0.39, 0.29) is 17.9 Å². The second kappa shape index (κ2) is 9.40. The van der Waals surface area contributed by atoms with Gasteiger partial charge in [0.05, 0.1) is 5.69 Å². The first-order valence-corrected chi connectivity index (χ1v) is 10.3. The second-order valence-electron chi connectivity index (χ2n) is 7.63. The van der Waals surface area contributed by atoms with Crippen molar-refractivity contribution in [1.82, 2.24) is 0 Å². The van der Waals surface area contributed by atoms with Crippen LogP contribution in [0.3, 0.4) is 0 Å². The Hall–Kier alpha value is -4.39. The van der Waals surface area contributed by atoms with E-state index >= 15 is 0 Å². The fraction of sp³-hybridized carbons (Fsp3) is 0.115. The van der Waals surface area contributed by atoms with E-state index in [0.717, 1.165) is 11.3 Å². The van der Waals surface area contributed by atoms with Crippen molar-refractivity contribution < 1.29 is 19.1 Å². The number of allylic oxidation sites excluding steroid dienone is 5. The van der Waals surface area contributed by atoms with Crippen LogP contribution in [0.1, 0.15) is 12.5 Å². The van der Waals surface area contributed by atoms with Crippen molar-refractivity contribution in [2.24, 2.45) is 5.10 Å². The van der Waals surface area contributed by atoms with Crippen LogP contribution in [0.2, 0.25) is 0 Å². The molecule has 4 rings (SSSR count). The minimum Gasteiger partial charge on any atom is -0.462 e. The van der Waals surface area contributed by atoms with Crippen LogP contribution < -0.4 is 9.91 Å². The van der Waals surface area contributed by atoms with E-state index < -0.39 is 5.91 Å². The summed E-state index contributed by atoms with van der Waals surface area (Å²) in [6.07, 6.45) is 7.20. The number of benzene rings is 2. The van der Waals surface area contributed by atoms with E-state index in [2.05, 4.69) is 5.10 Å². The molecule has 0 saturated carbocycles. The zero-order valence-electron chi connectivity index (χ0n) is 18.6. The zero-order valence-corrected chi connectivity index (χ0v) is 18.6. The Labute approximate surface area is 192 Å². The largest absolute Gasteiger partial charge is 0.462 e. The summed E-state index contributed by atoms with van der Waals surface area (Å²) in [6.45, 7) is 2.05. The van der Waals surface area contributed by atoms with E-state index in [1.165, 1.54) is 5.01 Å². The highest BCUT2D eigenvalue weighted by molar-refractivity contribution is 6.29. The molecule has 0 aromatic heterocycles. The summed E-state index contributed by atoms with van der Waals surface area (Å²) in [7, 11) is 3.98. The minimum atomic E-state index is -0.391. The van der Waals surface area contributed by atoms with Crippen LogP contribution in [-0.2, 0) is 19.1 Å². The van der Waals surface area contributed by atoms with Gasteiger partial charge in [0, 0.05) is 19.8 Å². The van der Waals surface area contributed by atoms with Crippen LogP contribution in [0.15, 0.2) is 101 Å². The van der Waals surface area contributed by atoms with E-state index in [4.69, 9.17) is 9.47 Å².